The summed E-state index contributed by atoms with van der Waals surface area (Å²) in [4.78, 5) is 14.6. The quantitative estimate of drug-likeness (QED) is 0.827. The standard InChI is InChI=1S/C18H16BrNO2/c1-22-13-5-2-11(3-6-13)10-20-17-8-12(19)4-7-14(17)15-9-16(15)18(20)21/h2-8,15-16H,9-10H2,1H3. The van der Waals surface area contributed by atoms with Crippen LogP contribution in [-0.4, -0.2) is 13.0 Å². The number of methoxy groups -OCH3 is 1. The Morgan fingerprint density at radius 3 is 2.68 bits per heavy atom. The van der Waals surface area contributed by atoms with Gasteiger partial charge in [-0.05, 0) is 47.7 Å². The molecule has 1 heterocycles. The predicted octanol–water partition coefficient (Wildman–Crippen LogP) is 4.11. The zero-order chi connectivity index (χ0) is 15.3. The molecule has 0 bridgehead atoms. The number of ether oxygens (including phenoxy) is 1. The van der Waals surface area contributed by atoms with Crippen molar-refractivity contribution in [2.45, 2.75) is 18.9 Å². The van der Waals surface area contributed by atoms with Gasteiger partial charge in [0.25, 0.3) is 0 Å². The maximum Gasteiger partial charge on any atom is 0.231 e. The van der Waals surface area contributed by atoms with Crippen LogP contribution >= 0.6 is 15.9 Å². The fourth-order valence-electron chi connectivity index (χ4n) is 3.27. The van der Waals surface area contributed by atoms with Crippen molar-refractivity contribution in [1.82, 2.24) is 0 Å². The number of halogens is 1. The third kappa shape index (κ3) is 2.22. The van der Waals surface area contributed by atoms with Crippen LogP contribution in [0.15, 0.2) is 46.9 Å². The highest BCUT2D eigenvalue weighted by Gasteiger charge is 2.51. The summed E-state index contributed by atoms with van der Waals surface area (Å²) < 4.78 is 6.20. The van der Waals surface area contributed by atoms with Crippen LogP contribution in [0.2, 0.25) is 0 Å². The molecule has 0 spiro atoms. The van der Waals surface area contributed by atoms with E-state index < -0.39 is 0 Å². The fraction of sp³-hybridized carbons (Fsp3) is 0.278. The number of nitrogens with zero attached hydrogens (tertiary/aromatic N) is 1. The van der Waals surface area contributed by atoms with Crippen molar-refractivity contribution in [3.8, 4) is 5.75 Å². The molecule has 4 heteroatoms. The summed E-state index contributed by atoms with van der Waals surface area (Å²) in [6.45, 7) is 0.607. The first-order valence-electron chi connectivity index (χ1n) is 7.41. The lowest BCUT2D eigenvalue weighted by atomic mass is 10.0. The van der Waals surface area contributed by atoms with Crippen molar-refractivity contribution < 1.29 is 9.53 Å². The molecule has 112 valence electrons. The molecule has 0 aromatic heterocycles. The first-order valence-corrected chi connectivity index (χ1v) is 8.20. The summed E-state index contributed by atoms with van der Waals surface area (Å²) in [6.07, 6.45) is 0.993. The Hall–Kier alpha value is -1.81. The van der Waals surface area contributed by atoms with E-state index in [4.69, 9.17) is 4.74 Å². The lowest BCUT2D eigenvalue weighted by Crippen LogP contribution is -2.35. The van der Waals surface area contributed by atoms with E-state index in [2.05, 4.69) is 34.1 Å². The molecule has 2 aliphatic rings. The number of carbonyl (C=O) groups is 1. The molecule has 0 radical (unpaired) electrons. The topological polar surface area (TPSA) is 29.5 Å². The summed E-state index contributed by atoms with van der Waals surface area (Å²) in [5, 5.41) is 0. The zero-order valence-electron chi connectivity index (χ0n) is 12.3. The van der Waals surface area contributed by atoms with Crippen LogP contribution in [-0.2, 0) is 11.3 Å². The van der Waals surface area contributed by atoms with E-state index in [0.717, 1.165) is 27.9 Å². The van der Waals surface area contributed by atoms with Gasteiger partial charge in [-0.2, -0.15) is 0 Å². The number of hydrogen-bond donors (Lipinski definition) is 0. The van der Waals surface area contributed by atoms with E-state index in [1.54, 1.807) is 7.11 Å². The predicted molar refractivity (Wildman–Crippen MR) is 89.2 cm³/mol. The van der Waals surface area contributed by atoms with Crippen molar-refractivity contribution in [2.24, 2.45) is 5.92 Å². The van der Waals surface area contributed by atoms with Crippen molar-refractivity contribution >= 4 is 27.5 Å². The molecule has 4 rings (SSSR count). The minimum absolute atomic E-state index is 0.187. The number of benzene rings is 2. The summed E-state index contributed by atoms with van der Waals surface area (Å²) in [5.41, 5.74) is 3.47. The van der Waals surface area contributed by atoms with Gasteiger partial charge in [0.05, 0.1) is 13.7 Å². The van der Waals surface area contributed by atoms with Crippen LogP contribution in [0.1, 0.15) is 23.5 Å². The molecule has 2 aromatic carbocycles. The maximum absolute atomic E-state index is 12.7. The summed E-state index contributed by atoms with van der Waals surface area (Å²) in [6, 6.07) is 14.2. The fourth-order valence-corrected chi connectivity index (χ4v) is 3.62. The number of fused-ring (bicyclic) bond motifs is 3. The summed E-state index contributed by atoms with van der Waals surface area (Å²) >= 11 is 3.52. The molecule has 1 fully saturated rings. The Bertz CT molecular complexity index is 741. The molecule has 0 saturated heterocycles. The Balaban J connectivity index is 1.68. The zero-order valence-corrected chi connectivity index (χ0v) is 13.8. The van der Waals surface area contributed by atoms with E-state index in [1.807, 2.05) is 29.2 Å². The monoisotopic (exact) mass is 357 g/mol. The second kappa shape index (κ2) is 5.13. The van der Waals surface area contributed by atoms with Gasteiger partial charge in [0.2, 0.25) is 5.91 Å². The number of carbonyl (C=O) groups excluding carboxylic acids is 1. The normalized spacial score (nSPS) is 22.1. The highest BCUT2D eigenvalue weighted by Crippen LogP contribution is 2.55. The van der Waals surface area contributed by atoms with Crippen LogP contribution in [0, 0.1) is 5.92 Å². The molecular formula is C18H16BrNO2. The molecule has 1 aliphatic carbocycles. The smallest absolute Gasteiger partial charge is 0.231 e. The molecule has 1 amide bonds. The van der Waals surface area contributed by atoms with Crippen molar-refractivity contribution in [2.75, 3.05) is 12.0 Å². The molecule has 3 nitrogen and oxygen atoms in total. The number of amides is 1. The van der Waals surface area contributed by atoms with Crippen LogP contribution in [0.25, 0.3) is 0 Å². The van der Waals surface area contributed by atoms with Gasteiger partial charge in [-0.25, -0.2) is 0 Å². The van der Waals surface area contributed by atoms with Gasteiger partial charge >= 0.3 is 0 Å². The van der Waals surface area contributed by atoms with Crippen LogP contribution in [0.3, 0.4) is 0 Å². The lowest BCUT2D eigenvalue weighted by Gasteiger charge is -2.29. The average molecular weight is 358 g/mol. The summed E-state index contributed by atoms with van der Waals surface area (Å²) in [7, 11) is 1.66. The second-order valence-electron chi connectivity index (χ2n) is 5.92. The number of anilines is 1. The van der Waals surface area contributed by atoms with Gasteiger partial charge in [-0.3, -0.25) is 4.79 Å². The van der Waals surface area contributed by atoms with Gasteiger partial charge in [-0.15, -0.1) is 0 Å². The Morgan fingerprint density at radius 1 is 1.18 bits per heavy atom. The molecular weight excluding hydrogens is 342 g/mol. The third-order valence-corrected chi connectivity index (χ3v) is 5.05. The number of hydrogen-bond acceptors (Lipinski definition) is 2. The molecule has 2 aromatic rings. The van der Waals surface area contributed by atoms with Gasteiger partial charge in [0.1, 0.15) is 5.75 Å². The molecule has 22 heavy (non-hydrogen) atoms. The first kappa shape index (κ1) is 13.8. The van der Waals surface area contributed by atoms with Crippen LogP contribution < -0.4 is 9.64 Å². The van der Waals surface area contributed by atoms with E-state index in [9.17, 15) is 4.79 Å². The van der Waals surface area contributed by atoms with Crippen LogP contribution in [0.4, 0.5) is 5.69 Å². The Labute approximate surface area is 138 Å². The van der Waals surface area contributed by atoms with Crippen molar-refractivity contribution in [3.63, 3.8) is 0 Å². The highest BCUT2D eigenvalue weighted by atomic mass is 79.9. The SMILES string of the molecule is COc1ccc(CN2C(=O)C3CC3c3ccc(Br)cc32)cc1. The minimum Gasteiger partial charge on any atom is -0.497 e. The van der Waals surface area contributed by atoms with Crippen molar-refractivity contribution in [1.29, 1.82) is 0 Å². The first-order chi connectivity index (χ1) is 10.7. The van der Waals surface area contributed by atoms with E-state index >= 15 is 0 Å². The van der Waals surface area contributed by atoms with Gasteiger partial charge in [0, 0.05) is 16.1 Å². The number of rotatable bonds is 3. The highest BCUT2D eigenvalue weighted by molar-refractivity contribution is 9.10. The second-order valence-corrected chi connectivity index (χ2v) is 6.84. The molecule has 1 saturated carbocycles. The van der Waals surface area contributed by atoms with Gasteiger partial charge in [0.15, 0.2) is 0 Å². The maximum atomic E-state index is 12.7. The van der Waals surface area contributed by atoms with Gasteiger partial charge in [-0.1, -0.05) is 34.1 Å². The van der Waals surface area contributed by atoms with Gasteiger partial charge < -0.3 is 9.64 Å². The van der Waals surface area contributed by atoms with E-state index in [0.29, 0.717) is 12.5 Å². The van der Waals surface area contributed by atoms with Crippen molar-refractivity contribution in [3.05, 3.63) is 58.1 Å². The lowest BCUT2D eigenvalue weighted by molar-refractivity contribution is -0.120. The molecule has 1 aliphatic heterocycles. The summed E-state index contributed by atoms with van der Waals surface area (Å²) in [5.74, 6) is 1.71. The average Bonchev–Trinajstić information content (AvgIpc) is 3.33. The minimum atomic E-state index is 0.187. The Morgan fingerprint density at radius 2 is 1.95 bits per heavy atom. The third-order valence-electron chi connectivity index (χ3n) is 4.56. The van der Waals surface area contributed by atoms with Crippen LogP contribution in [0.5, 0.6) is 5.75 Å². The Kier molecular flexibility index (Phi) is 3.22. The molecule has 2 unspecified atom stereocenters. The largest absolute Gasteiger partial charge is 0.497 e. The van der Waals surface area contributed by atoms with E-state index in [1.165, 1.54) is 5.56 Å². The molecule has 2 atom stereocenters. The van der Waals surface area contributed by atoms with E-state index in [-0.39, 0.29) is 11.8 Å². The molecule has 0 N–H and O–H groups in total.